The van der Waals surface area contributed by atoms with Crippen molar-refractivity contribution in [1.82, 2.24) is 14.9 Å². The van der Waals surface area contributed by atoms with Gasteiger partial charge in [-0.3, -0.25) is 4.90 Å². The van der Waals surface area contributed by atoms with Crippen LogP contribution in [0.4, 0.5) is 10.3 Å². The van der Waals surface area contributed by atoms with E-state index in [0.717, 1.165) is 32.5 Å². The Hall–Kier alpha value is -1.49. The number of nitrogens with zero attached hydrogens (tertiary/aromatic N) is 4. The zero-order valence-electron chi connectivity index (χ0n) is 11.8. The van der Waals surface area contributed by atoms with Gasteiger partial charge in [0, 0.05) is 25.2 Å². The minimum absolute atomic E-state index is 0.338. The maximum Gasteiger partial charge on any atom is 0.225 e. The van der Waals surface area contributed by atoms with E-state index in [-0.39, 0.29) is 5.82 Å². The quantitative estimate of drug-likeness (QED) is 0.793. The Balaban J connectivity index is 1.67. The van der Waals surface area contributed by atoms with Crippen molar-refractivity contribution in [1.29, 1.82) is 0 Å². The van der Waals surface area contributed by atoms with E-state index in [2.05, 4.69) is 26.3 Å². The van der Waals surface area contributed by atoms with Gasteiger partial charge in [0.1, 0.15) is 0 Å². The fraction of sp³-hybridized carbons (Fsp3) is 0.600. The summed E-state index contributed by atoms with van der Waals surface area (Å²) in [6, 6.07) is 0. The monoisotopic (exact) mass is 276 g/mol. The van der Waals surface area contributed by atoms with Crippen LogP contribution in [0, 0.1) is 5.82 Å². The molecular weight excluding hydrogens is 255 g/mol. The number of rotatable bonds is 3. The van der Waals surface area contributed by atoms with Crippen molar-refractivity contribution in [3.63, 3.8) is 0 Å². The zero-order valence-corrected chi connectivity index (χ0v) is 11.8. The van der Waals surface area contributed by atoms with Crippen LogP contribution in [0.25, 0.3) is 0 Å². The predicted molar refractivity (Wildman–Crippen MR) is 77.2 cm³/mol. The Bertz CT molecular complexity index is 465. The van der Waals surface area contributed by atoms with Gasteiger partial charge in [0.2, 0.25) is 5.95 Å². The summed E-state index contributed by atoms with van der Waals surface area (Å²) in [5.41, 5.74) is 0.338. The summed E-state index contributed by atoms with van der Waals surface area (Å²) < 4.78 is 12.9. The van der Waals surface area contributed by atoms with Crippen LogP contribution in [0.5, 0.6) is 0 Å². The van der Waals surface area contributed by atoms with Gasteiger partial charge in [0.25, 0.3) is 0 Å². The maximum absolute atomic E-state index is 12.9. The molecule has 20 heavy (non-hydrogen) atoms. The molecule has 3 heterocycles. The van der Waals surface area contributed by atoms with E-state index in [1.165, 1.54) is 31.8 Å². The third-order valence-electron chi connectivity index (χ3n) is 4.67. The molecule has 0 N–H and O–H groups in total. The first kappa shape index (κ1) is 13.5. The average Bonchev–Trinajstić information content (AvgIpc) is 2.84. The first-order valence-corrected chi connectivity index (χ1v) is 7.32. The summed E-state index contributed by atoms with van der Waals surface area (Å²) >= 11 is 0. The molecule has 4 nitrogen and oxygen atoms in total. The van der Waals surface area contributed by atoms with Crippen molar-refractivity contribution in [2.45, 2.75) is 31.2 Å². The van der Waals surface area contributed by atoms with Crippen molar-refractivity contribution < 1.29 is 4.39 Å². The summed E-state index contributed by atoms with van der Waals surface area (Å²) in [5.74, 6) is 0.268. The van der Waals surface area contributed by atoms with Crippen LogP contribution in [-0.2, 0) is 0 Å². The van der Waals surface area contributed by atoms with Gasteiger partial charge in [0.05, 0.1) is 12.4 Å². The molecule has 0 unspecified atom stereocenters. The van der Waals surface area contributed by atoms with E-state index in [0.29, 0.717) is 11.5 Å². The Morgan fingerprint density at radius 3 is 2.55 bits per heavy atom. The fourth-order valence-corrected chi connectivity index (χ4v) is 3.59. The summed E-state index contributed by atoms with van der Waals surface area (Å²) in [6.45, 7) is 7.91. The lowest BCUT2D eigenvalue weighted by Gasteiger charge is -2.44. The molecule has 2 saturated heterocycles. The van der Waals surface area contributed by atoms with E-state index in [9.17, 15) is 4.39 Å². The molecule has 0 aromatic carbocycles. The molecule has 1 aromatic heterocycles. The molecule has 2 aliphatic heterocycles. The number of halogens is 1. The topological polar surface area (TPSA) is 32.3 Å². The molecule has 2 fully saturated rings. The van der Waals surface area contributed by atoms with Crippen LogP contribution in [-0.4, -0.2) is 46.6 Å². The predicted octanol–water partition coefficient (Wildman–Crippen LogP) is 2.24. The first-order valence-electron chi connectivity index (χ1n) is 7.32. The Labute approximate surface area is 119 Å². The first-order chi connectivity index (χ1) is 9.73. The van der Waals surface area contributed by atoms with E-state index in [1.54, 1.807) is 0 Å². The highest BCUT2D eigenvalue weighted by Gasteiger charge is 2.42. The van der Waals surface area contributed by atoms with E-state index in [4.69, 9.17) is 0 Å². The Kier molecular flexibility index (Phi) is 3.70. The number of piperidine rings is 1. The molecule has 1 spiro atoms. The lowest BCUT2D eigenvalue weighted by Crippen LogP contribution is -2.52. The van der Waals surface area contributed by atoms with Crippen LogP contribution >= 0.6 is 0 Å². The SMILES string of the molecule is C=CCN1CCCC12CCN(c1ncc(F)cn1)CC2. The van der Waals surface area contributed by atoms with Crippen molar-refractivity contribution in [3.8, 4) is 0 Å². The normalized spacial score (nSPS) is 22.4. The van der Waals surface area contributed by atoms with E-state index in [1.807, 2.05) is 6.08 Å². The second-order valence-electron chi connectivity index (χ2n) is 5.75. The van der Waals surface area contributed by atoms with Crippen LogP contribution in [0.3, 0.4) is 0 Å². The lowest BCUT2D eigenvalue weighted by molar-refractivity contribution is 0.120. The highest BCUT2D eigenvalue weighted by atomic mass is 19.1. The molecule has 0 aliphatic carbocycles. The summed E-state index contributed by atoms with van der Waals surface area (Å²) in [7, 11) is 0. The smallest absolute Gasteiger partial charge is 0.225 e. The highest BCUT2D eigenvalue weighted by molar-refractivity contribution is 5.30. The number of hydrogen-bond donors (Lipinski definition) is 0. The Morgan fingerprint density at radius 2 is 1.90 bits per heavy atom. The lowest BCUT2D eigenvalue weighted by atomic mass is 9.85. The van der Waals surface area contributed by atoms with E-state index < -0.39 is 0 Å². The average molecular weight is 276 g/mol. The third-order valence-corrected chi connectivity index (χ3v) is 4.67. The van der Waals surface area contributed by atoms with Gasteiger partial charge < -0.3 is 4.90 Å². The largest absolute Gasteiger partial charge is 0.341 e. The van der Waals surface area contributed by atoms with Gasteiger partial charge in [-0.05, 0) is 32.2 Å². The second-order valence-corrected chi connectivity index (χ2v) is 5.75. The fourth-order valence-electron chi connectivity index (χ4n) is 3.59. The molecule has 1 aromatic rings. The number of likely N-dealkylation sites (tertiary alicyclic amines) is 1. The van der Waals surface area contributed by atoms with Gasteiger partial charge in [0.15, 0.2) is 5.82 Å². The third kappa shape index (κ3) is 2.42. The molecule has 2 aliphatic rings. The van der Waals surface area contributed by atoms with Gasteiger partial charge in [-0.2, -0.15) is 0 Å². The van der Waals surface area contributed by atoms with Crippen LogP contribution in [0.1, 0.15) is 25.7 Å². The standard InChI is InChI=1S/C15H21FN4/c1-2-7-20-8-3-4-15(20)5-9-19(10-6-15)14-17-11-13(16)12-18-14/h2,11-12H,1,3-10H2. The molecule has 0 saturated carbocycles. The molecule has 5 heteroatoms. The zero-order chi connectivity index (χ0) is 14.0. The van der Waals surface area contributed by atoms with Gasteiger partial charge >= 0.3 is 0 Å². The van der Waals surface area contributed by atoms with Crippen molar-refractivity contribution in [2.75, 3.05) is 31.1 Å². The van der Waals surface area contributed by atoms with Gasteiger partial charge in [-0.25, -0.2) is 14.4 Å². The van der Waals surface area contributed by atoms with Crippen molar-refractivity contribution in [3.05, 3.63) is 30.9 Å². The second kappa shape index (κ2) is 5.48. The minimum Gasteiger partial charge on any atom is -0.341 e. The molecule has 0 atom stereocenters. The Morgan fingerprint density at radius 1 is 1.20 bits per heavy atom. The van der Waals surface area contributed by atoms with Crippen LogP contribution in [0.15, 0.2) is 25.0 Å². The van der Waals surface area contributed by atoms with E-state index >= 15 is 0 Å². The summed E-state index contributed by atoms with van der Waals surface area (Å²) in [4.78, 5) is 12.9. The van der Waals surface area contributed by atoms with Crippen molar-refractivity contribution >= 4 is 5.95 Å². The molecular formula is C15H21FN4. The summed E-state index contributed by atoms with van der Waals surface area (Å²) in [5, 5.41) is 0. The van der Waals surface area contributed by atoms with Crippen molar-refractivity contribution in [2.24, 2.45) is 0 Å². The van der Waals surface area contributed by atoms with Gasteiger partial charge in [-0.15, -0.1) is 6.58 Å². The highest BCUT2D eigenvalue weighted by Crippen LogP contribution is 2.38. The number of hydrogen-bond acceptors (Lipinski definition) is 4. The molecule has 0 bridgehead atoms. The minimum atomic E-state index is -0.379. The number of aromatic nitrogens is 2. The number of anilines is 1. The van der Waals surface area contributed by atoms with Crippen LogP contribution in [0.2, 0.25) is 0 Å². The molecule has 3 rings (SSSR count). The summed E-state index contributed by atoms with van der Waals surface area (Å²) in [6.07, 6.45) is 9.30. The van der Waals surface area contributed by atoms with Gasteiger partial charge in [-0.1, -0.05) is 6.08 Å². The molecule has 108 valence electrons. The van der Waals surface area contributed by atoms with Crippen LogP contribution < -0.4 is 4.90 Å². The molecule has 0 amide bonds. The molecule has 0 radical (unpaired) electrons. The maximum atomic E-state index is 12.9.